The number of carboxylic acid groups (broad SMARTS) is 1. The first-order valence-electron chi connectivity index (χ1n) is 2.92. The van der Waals surface area contributed by atoms with Crippen LogP contribution in [-0.2, 0) is 26.3 Å². The van der Waals surface area contributed by atoms with Gasteiger partial charge in [0.2, 0.25) is 0 Å². The minimum absolute atomic E-state index is 0. The molecule has 5 nitrogen and oxygen atoms in total. The van der Waals surface area contributed by atoms with Crippen LogP contribution in [-0.4, -0.2) is 31.8 Å². The van der Waals surface area contributed by atoms with Crippen LogP contribution in [0.5, 0.6) is 0 Å². The van der Waals surface area contributed by atoms with Crippen molar-refractivity contribution in [2.75, 3.05) is 19.8 Å². The van der Waals surface area contributed by atoms with Gasteiger partial charge in [-0.25, -0.2) is 0 Å². The molecule has 0 unspecified atom stereocenters. The number of aliphatic carboxylic acids is 1. The molecule has 0 amide bonds. The maximum atomic E-state index is 9.95. The van der Waals surface area contributed by atoms with Gasteiger partial charge >= 0.3 is 16.8 Å². The van der Waals surface area contributed by atoms with Crippen LogP contribution in [0.2, 0.25) is 0 Å². The average Bonchev–Trinajstić information content (AvgIpc) is 1.88. The van der Waals surface area contributed by atoms with Gasteiger partial charge in [0.1, 0.15) is 0 Å². The van der Waals surface area contributed by atoms with E-state index < -0.39 is 12.0 Å². The summed E-state index contributed by atoms with van der Waals surface area (Å²) in [5, 5.41) is 9.95. The molecule has 0 aliphatic heterocycles. The quantitative estimate of drug-likeness (QED) is 0.467. The van der Waals surface area contributed by atoms with Crippen LogP contribution in [0.25, 0.3) is 0 Å². The van der Waals surface area contributed by atoms with Crippen LogP contribution < -0.4 is 29.0 Å². The van der Waals surface area contributed by atoms with Crippen LogP contribution in [0.15, 0.2) is 0 Å². The minimum Gasteiger partial charge on any atom is -1.00 e. The summed E-state index contributed by atoms with van der Waals surface area (Å²) in [4.78, 5) is 9.95. The third-order valence-corrected chi connectivity index (χ3v) is 0.862. The second kappa shape index (κ2) is 11.1. The molecule has 0 aliphatic carbocycles. The van der Waals surface area contributed by atoms with Crippen molar-refractivity contribution in [2.24, 2.45) is 11.5 Å². The smallest absolute Gasteiger partial charge is 1.00 e. The number of ether oxygens (including phenoxy) is 1. The first-order chi connectivity index (χ1) is 4.68. The standard InChI is InChI=1S/C5H12N2O3.ClH.Co/c6-1-2-10-3-4(7)5(8)9;;/h4H,1-3,6-7H2,(H,8,9);1H;/q;;+2/p-2/t4-;;/m0../s1. The Morgan fingerprint density at radius 1 is 1.58 bits per heavy atom. The van der Waals surface area contributed by atoms with E-state index >= 15 is 0 Å². The Morgan fingerprint density at radius 3 is 2.42 bits per heavy atom. The number of hydrogen-bond acceptors (Lipinski definition) is 5. The number of rotatable bonds is 5. The van der Waals surface area contributed by atoms with E-state index in [4.69, 9.17) is 16.2 Å². The molecule has 75 valence electrons. The number of carboxylic acids is 1. The zero-order chi connectivity index (χ0) is 7.98. The van der Waals surface area contributed by atoms with E-state index in [0.29, 0.717) is 13.2 Å². The number of nitrogens with two attached hydrogens (primary N) is 2. The molecule has 0 fully saturated rings. The van der Waals surface area contributed by atoms with Gasteiger partial charge in [-0.1, -0.05) is 0 Å². The van der Waals surface area contributed by atoms with Gasteiger partial charge in [-0.05, 0) is 0 Å². The summed E-state index contributed by atoms with van der Waals surface area (Å²) in [6, 6.07) is -1.05. The van der Waals surface area contributed by atoms with Crippen molar-refractivity contribution in [3.8, 4) is 0 Å². The Labute approximate surface area is 87.4 Å². The molecule has 0 aliphatic rings. The fourth-order valence-electron chi connectivity index (χ4n) is 0.362. The fourth-order valence-corrected chi connectivity index (χ4v) is 0.362. The van der Waals surface area contributed by atoms with E-state index in [2.05, 4.69) is 0 Å². The Kier molecular flexibility index (Phi) is 16.8. The molecule has 12 heavy (non-hydrogen) atoms. The van der Waals surface area contributed by atoms with Crippen molar-refractivity contribution in [3.05, 3.63) is 0 Å². The molecule has 0 rings (SSSR count). The molecule has 0 heterocycles. The zero-order valence-corrected chi connectivity index (χ0v) is 8.09. The van der Waals surface area contributed by atoms with Gasteiger partial charge in [0, 0.05) is 6.54 Å². The Hall–Kier alpha value is 0.146. The summed E-state index contributed by atoms with van der Waals surface area (Å²) < 4.78 is 4.74. The Bertz CT molecular complexity index is 117. The van der Waals surface area contributed by atoms with Gasteiger partial charge in [0.05, 0.1) is 25.2 Å². The van der Waals surface area contributed by atoms with Crippen molar-refractivity contribution < 1.29 is 43.8 Å². The van der Waals surface area contributed by atoms with E-state index in [0.717, 1.165) is 0 Å². The van der Waals surface area contributed by atoms with E-state index in [1.807, 2.05) is 0 Å². The normalized spacial score (nSPS) is 10.8. The average molecular weight is 242 g/mol. The van der Waals surface area contributed by atoms with Crippen LogP contribution in [0.4, 0.5) is 0 Å². The monoisotopic (exact) mass is 241 g/mol. The molecule has 0 aromatic carbocycles. The predicted octanol–water partition coefficient (Wildman–Crippen LogP) is -5.96. The number of carbonyl (C=O) groups is 1. The molecule has 0 aromatic rings. The largest absolute Gasteiger partial charge is 2.00 e. The predicted molar refractivity (Wildman–Crippen MR) is 32.9 cm³/mol. The van der Waals surface area contributed by atoms with Gasteiger partial charge in [0.25, 0.3) is 0 Å². The maximum Gasteiger partial charge on any atom is 2.00 e. The molecular weight excluding hydrogens is 230 g/mol. The molecule has 0 bridgehead atoms. The molecule has 0 saturated carbocycles. The van der Waals surface area contributed by atoms with Gasteiger partial charge in [-0.3, -0.25) is 0 Å². The van der Waals surface area contributed by atoms with Gasteiger partial charge in [0.15, 0.2) is 0 Å². The van der Waals surface area contributed by atoms with Crippen molar-refractivity contribution >= 4 is 5.97 Å². The molecule has 4 N–H and O–H groups in total. The molecule has 0 spiro atoms. The Balaban J connectivity index is -0.000000405. The topological polar surface area (TPSA) is 101 Å². The van der Waals surface area contributed by atoms with E-state index in [-0.39, 0.29) is 35.8 Å². The molecule has 1 radical (unpaired) electrons. The van der Waals surface area contributed by atoms with Crippen molar-refractivity contribution in [1.29, 1.82) is 0 Å². The summed E-state index contributed by atoms with van der Waals surface area (Å²) in [6.45, 7) is 0.639. The zero-order valence-electron chi connectivity index (χ0n) is 6.29. The third kappa shape index (κ3) is 10.1. The first-order valence-corrected chi connectivity index (χ1v) is 2.92. The third-order valence-electron chi connectivity index (χ3n) is 0.862. The Morgan fingerprint density at radius 2 is 2.08 bits per heavy atom. The summed E-state index contributed by atoms with van der Waals surface area (Å²) in [7, 11) is 0. The van der Waals surface area contributed by atoms with Crippen molar-refractivity contribution in [1.82, 2.24) is 0 Å². The maximum absolute atomic E-state index is 9.95. The second-order valence-electron chi connectivity index (χ2n) is 1.79. The molecule has 0 saturated heterocycles. The van der Waals surface area contributed by atoms with Crippen LogP contribution in [0, 0.1) is 0 Å². The fraction of sp³-hybridized carbons (Fsp3) is 0.800. The summed E-state index contributed by atoms with van der Waals surface area (Å²) in [5.41, 5.74) is 10.1. The number of hydrogen-bond donors (Lipinski definition) is 2. The summed E-state index contributed by atoms with van der Waals surface area (Å²) in [5.74, 6) is -1.31. The molecule has 0 aromatic heterocycles. The number of carbonyl (C=O) groups excluding carboxylic acids is 1. The van der Waals surface area contributed by atoms with Gasteiger partial charge in [-0.2, -0.15) is 0 Å². The van der Waals surface area contributed by atoms with Gasteiger partial charge in [-0.15, -0.1) is 0 Å². The van der Waals surface area contributed by atoms with Crippen LogP contribution in [0.1, 0.15) is 0 Å². The van der Waals surface area contributed by atoms with Crippen molar-refractivity contribution in [3.63, 3.8) is 0 Å². The van der Waals surface area contributed by atoms with E-state index in [1.54, 1.807) is 0 Å². The first kappa shape index (κ1) is 18.0. The van der Waals surface area contributed by atoms with Crippen LogP contribution in [0.3, 0.4) is 0 Å². The summed E-state index contributed by atoms with van der Waals surface area (Å²) in [6.07, 6.45) is 0. The van der Waals surface area contributed by atoms with Crippen molar-refractivity contribution in [2.45, 2.75) is 6.04 Å². The molecule has 7 heteroatoms. The molecular formula is C5H11ClCoN2O3. The van der Waals surface area contributed by atoms with E-state index in [1.165, 1.54) is 0 Å². The van der Waals surface area contributed by atoms with Crippen LogP contribution >= 0.6 is 0 Å². The summed E-state index contributed by atoms with van der Waals surface area (Å²) >= 11 is 0. The SMILES string of the molecule is NCCOC[C@H](N)C(=O)[O-].[Cl-].[Co+2]. The van der Waals surface area contributed by atoms with E-state index in [9.17, 15) is 9.90 Å². The van der Waals surface area contributed by atoms with Gasteiger partial charge < -0.3 is 38.5 Å². The second-order valence-corrected chi connectivity index (χ2v) is 1.79. The minimum atomic E-state index is -1.31. The molecule has 1 atom stereocenters. The number of halogens is 1.